The SMILES string of the molecule is CCCC.N[O]. The lowest BCUT2D eigenvalue weighted by Crippen LogP contribution is -1.67. The highest BCUT2D eigenvalue weighted by Gasteiger charge is 1.56. The van der Waals surface area contributed by atoms with Crippen molar-refractivity contribution in [2.75, 3.05) is 0 Å². The second-order valence-electron chi connectivity index (χ2n) is 1.000. The zero-order valence-corrected chi connectivity index (χ0v) is 4.40. The summed E-state index contributed by atoms with van der Waals surface area (Å²) < 4.78 is 0. The van der Waals surface area contributed by atoms with Crippen LogP contribution in [0, 0.1) is 0 Å². The lowest BCUT2D eigenvalue weighted by molar-refractivity contribution is 0.201. The summed E-state index contributed by atoms with van der Waals surface area (Å²) in [4.78, 5) is 0. The topological polar surface area (TPSA) is 45.9 Å². The van der Waals surface area contributed by atoms with Gasteiger partial charge >= 0.3 is 0 Å². The van der Waals surface area contributed by atoms with Gasteiger partial charge in [0.25, 0.3) is 0 Å². The van der Waals surface area contributed by atoms with Gasteiger partial charge in [-0.05, 0) is 0 Å². The number of rotatable bonds is 1. The maximum absolute atomic E-state index is 7.75. The molecule has 0 aromatic rings. The van der Waals surface area contributed by atoms with Crippen molar-refractivity contribution in [1.29, 1.82) is 0 Å². The molecule has 0 amide bonds. The van der Waals surface area contributed by atoms with E-state index >= 15 is 0 Å². The second kappa shape index (κ2) is 20.5. The Morgan fingerprint density at radius 1 is 1.17 bits per heavy atom. The largest absolute Gasteiger partial charge is 0.181 e. The summed E-state index contributed by atoms with van der Waals surface area (Å²) in [6, 6.07) is 0. The van der Waals surface area contributed by atoms with Crippen molar-refractivity contribution in [3.63, 3.8) is 0 Å². The third-order valence-electron chi connectivity index (χ3n) is 0.500. The Morgan fingerprint density at radius 3 is 1.33 bits per heavy atom. The first-order valence-electron chi connectivity index (χ1n) is 2.15. The zero-order chi connectivity index (χ0) is 5.41. The van der Waals surface area contributed by atoms with Crippen molar-refractivity contribution in [1.82, 2.24) is 0 Å². The van der Waals surface area contributed by atoms with Gasteiger partial charge < -0.3 is 0 Å². The third kappa shape index (κ3) is 39.5. The van der Waals surface area contributed by atoms with Crippen LogP contribution in [0.5, 0.6) is 0 Å². The molecule has 2 nitrogen and oxygen atoms in total. The van der Waals surface area contributed by atoms with Crippen LogP contribution in [0.2, 0.25) is 0 Å². The summed E-state index contributed by atoms with van der Waals surface area (Å²) in [6.07, 6.45) is 2.64. The highest BCUT2D eigenvalue weighted by molar-refractivity contribution is 4.12. The molecule has 2 heteroatoms. The van der Waals surface area contributed by atoms with Crippen LogP contribution < -0.4 is 5.90 Å². The lowest BCUT2D eigenvalue weighted by atomic mass is 10.4. The minimum atomic E-state index is 1.32. The molecule has 0 bridgehead atoms. The molecular formula is C4H12NO. The van der Waals surface area contributed by atoms with Crippen LogP contribution in [0.4, 0.5) is 0 Å². The normalized spacial score (nSPS) is 6.00. The van der Waals surface area contributed by atoms with Crippen molar-refractivity contribution in [2.24, 2.45) is 5.90 Å². The highest BCUT2D eigenvalue weighted by Crippen LogP contribution is 1.76. The molecule has 39 valence electrons. The first-order valence-corrected chi connectivity index (χ1v) is 2.15. The molecule has 0 unspecified atom stereocenters. The Hall–Kier alpha value is -0.0800. The summed E-state index contributed by atoms with van der Waals surface area (Å²) in [5, 5.41) is 7.75. The van der Waals surface area contributed by atoms with Gasteiger partial charge in [0.1, 0.15) is 0 Å². The zero-order valence-electron chi connectivity index (χ0n) is 4.40. The van der Waals surface area contributed by atoms with E-state index in [0.717, 1.165) is 0 Å². The van der Waals surface area contributed by atoms with Gasteiger partial charge in [-0.1, -0.05) is 26.7 Å². The predicted octanol–water partition coefficient (Wildman–Crippen LogP) is 1.10. The Labute approximate surface area is 38.9 Å². The molecule has 0 spiro atoms. The summed E-state index contributed by atoms with van der Waals surface area (Å²) in [6.45, 7) is 4.36. The standard InChI is InChI=1S/C4H10.H2NO/c1-3-4-2;1-2/h3-4H2,1-2H3;1H2. The molecular weight excluding hydrogens is 78.0 g/mol. The first kappa shape index (κ1) is 9.33. The maximum Gasteiger partial charge on any atom is -0.0564 e. The summed E-state index contributed by atoms with van der Waals surface area (Å²) in [7, 11) is 0. The summed E-state index contributed by atoms with van der Waals surface area (Å²) in [5.74, 6) is 3.25. The van der Waals surface area contributed by atoms with Crippen LogP contribution in [0.1, 0.15) is 26.7 Å². The van der Waals surface area contributed by atoms with E-state index in [1.165, 1.54) is 12.8 Å². The van der Waals surface area contributed by atoms with Crippen molar-refractivity contribution >= 4 is 0 Å². The quantitative estimate of drug-likeness (QED) is 0.481. The minimum Gasteiger partial charge on any atom is -0.181 e. The van der Waals surface area contributed by atoms with Crippen LogP contribution in [0.15, 0.2) is 0 Å². The molecule has 1 radical (unpaired) electrons. The van der Waals surface area contributed by atoms with E-state index in [1.807, 2.05) is 0 Å². The Balaban J connectivity index is 0. The van der Waals surface area contributed by atoms with Gasteiger partial charge in [0, 0.05) is 0 Å². The van der Waals surface area contributed by atoms with Gasteiger partial charge in [-0.2, -0.15) is 5.90 Å². The van der Waals surface area contributed by atoms with E-state index in [0.29, 0.717) is 0 Å². The van der Waals surface area contributed by atoms with Crippen LogP contribution in [-0.2, 0) is 5.21 Å². The molecule has 0 rings (SSSR count). The average molecular weight is 90.1 g/mol. The van der Waals surface area contributed by atoms with E-state index in [9.17, 15) is 0 Å². The summed E-state index contributed by atoms with van der Waals surface area (Å²) >= 11 is 0. The van der Waals surface area contributed by atoms with E-state index in [1.54, 1.807) is 0 Å². The van der Waals surface area contributed by atoms with Crippen molar-refractivity contribution in [3.8, 4) is 0 Å². The molecule has 0 saturated heterocycles. The fourth-order valence-electron chi connectivity index (χ4n) is 0. The summed E-state index contributed by atoms with van der Waals surface area (Å²) in [5.41, 5.74) is 0. The smallest absolute Gasteiger partial charge is 0.0564 e. The second-order valence-corrected chi connectivity index (χ2v) is 1.000. The van der Waals surface area contributed by atoms with Gasteiger partial charge in [-0.3, -0.25) is 0 Å². The molecule has 0 aromatic carbocycles. The van der Waals surface area contributed by atoms with Crippen LogP contribution in [0.3, 0.4) is 0 Å². The Bertz CT molecular complexity index is 9.51. The molecule has 0 saturated carbocycles. The number of hydrogen-bond acceptors (Lipinski definition) is 1. The number of unbranched alkanes of at least 4 members (excludes halogenated alkanes) is 1. The molecule has 0 aromatic heterocycles. The molecule has 0 fully saturated rings. The van der Waals surface area contributed by atoms with E-state index in [-0.39, 0.29) is 0 Å². The fraction of sp³-hybridized carbons (Fsp3) is 1.00. The highest BCUT2D eigenvalue weighted by atomic mass is 16.4. The Kier molecular flexibility index (Phi) is 31.9. The fourth-order valence-corrected chi connectivity index (χ4v) is 0. The van der Waals surface area contributed by atoms with Crippen LogP contribution in [0.25, 0.3) is 0 Å². The minimum absolute atomic E-state index is 1.32. The lowest BCUT2D eigenvalue weighted by Gasteiger charge is -1.68. The molecule has 2 N–H and O–H groups in total. The van der Waals surface area contributed by atoms with Crippen molar-refractivity contribution in [3.05, 3.63) is 0 Å². The van der Waals surface area contributed by atoms with Gasteiger partial charge in [0.05, 0.1) is 0 Å². The van der Waals surface area contributed by atoms with Crippen molar-refractivity contribution in [2.45, 2.75) is 26.7 Å². The van der Waals surface area contributed by atoms with Gasteiger partial charge in [0.15, 0.2) is 0 Å². The van der Waals surface area contributed by atoms with E-state index in [2.05, 4.69) is 19.7 Å². The van der Waals surface area contributed by atoms with Gasteiger partial charge in [-0.15, -0.1) is 5.21 Å². The van der Waals surface area contributed by atoms with E-state index in [4.69, 9.17) is 5.21 Å². The van der Waals surface area contributed by atoms with Gasteiger partial charge in [-0.25, -0.2) is 0 Å². The first-order chi connectivity index (χ1) is 2.91. The molecule has 0 atom stereocenters. The average Bonchev–Trinajstić information content (AvgIpc) is 1.72. The van der Waals surface area contributed by atoms with Crippen LogP contribution in [-0.4, -0.2) is 0 Å². The predicted molar refractivity (Wildman–Crippen MR) is 25.5 cm³/mol. The third-order valence-corrected chi connectivity index (χ3v) is 0.500. The van der Waals surface area contributed by atoms with Crippen molar-refractivity contribution < 1.29 is 5.21 Å². The van der Waals surface area contributed by atoms with E-state index < -0.39 is 0 Å². The van der Waals surface area contributed by atoms with Gasteiger partial charge in [0.2, 0.25) is 0 Å². The molecule has 0 aliphatic heterocycles. The monoisotopic (exact) mass is 90.1 g/mol. The molecule has 0 heterocycles. The molecule has 0 aliphatic rings. The number of hydrogen-bond donors (Lipinski definition) is 1. The Morgan fingerprint density at radius 2 is 1.33 bits per heavy atom. The molecule has 6 heavy (non-hydrogen) atoms. The van der Waals surface area contributed by atoms with Crippen LogP contribution >= 0.6 is 0 Å². The molecule has 0 aliphatic carbocycles. The maximum atomic E-state index is 7.75. The number of nitrogens with two attached hydrogens (primary N) is 1.